The lowest BCUT2D eigenvalue weighted by Gasteiger charge is -2.32. The highest BCUT2D eigenvalue weighted by Crippen LogP contribution is 2.24. The van der Waals surface area contributed by atoms with Crippen LogP contribution in [0, 0.1) is 19.8 Å². The summed E-state index contributed by atoms with van der Waals surface area (Å²) in [7, 11) is 0. The van der Waals surface area contributed by atoms with E-state index in [-0.39, 0.29) is 17.9 Å². The molecule has 2 atom stereocenters. The fourth-order valence-electron chi connectivity index (χ4n) is 3.53. The van der Waals surface area contributed by atoms with E-state index in [1.165, 1.54) is 10.4 Å². The van der Waals surface area contributed by atoms with Gasteiger partial charge in [0.25, 0.3) is 5.91 Å². The molecule has 0 saturated carbocycles. The Bertz CT molecular complexity index is 588. The molecule has 6 heteroatoms. The third-order valence-electron chi connectivity index (χ3n) is 5.12. The van der Waals surface area contributed by atoms with Gasteiger partial charge < -0.3 is 15.5 Å². The minimum absolute atomic E-state index is 0.0246. The van der Waals surface area contributed by atoms with E-state index in [4.69, 9.17) is 0 Å². The fraction of sp³-hybridized carbons (Fsp3) is 0.667. The average Bonchev–Trinajstić information content (AvgIpc) is 3.23. The SMILES string of the molecule is Cc1cc(C(=O)N2CCCC(CNC(=O)C3CCCN3)C2)sc1C. The molecule has 0 spiro atoms. The molecule has 0 aliphatic carbocycles. The van der Waals surface area contributed by atoms with Crippen molar-refractivity contribution in [1.29, 1.82) is 0 Å². The second-order valence-corrected chi connectivity index (χ2v) is 8.26. The number of thiophene rings is 1. The van der Waals surface area contributed by atoms with Crippen LogP contribution in [0.25, 0.3) is 0 Å². The molecular formula is C18H27N3O2S. The van der Waals surface area contributed by atoms with E-state index in [0.29, 0.717) is 12.5 Å². The highest BCUT2D eigenvalue weighted by molar-refractivity contribution is 7.14. The van der Waals surface area contributed by atoms with Gasteiger partial charge in [-0.1, -0.05) is 0 Å². The normalized spacial score (nSPS) is 24.2. The van der Waals surface area contributed by atoms with Gasteiger partial charge in [0, 0.05) is 24.5 Å². The lowest BCUT2D eigenvalue weighted by molar-refractivity contribution is -0.123. The van der Waals surface area contributed by atoms with Gasteiger partial charge in [-0.25, -0.2) is 0 Å². The summed E-state index contributed by atoms with van der Waals surface area (Å²) < 4.78 is 0. The highest BCUT2D eigenvalue weighted by atomic mass is 32.1. The smallest absolute Gasteiger partial charge is 0.263 e. The molecular weight excluding hydrogens is 322 g/mol. The number of carbonyl (C=O) groups excluding carboxylic acids is 2. The van der Waals surface area contributed by atoms with Crippen molar-refractivity contribution in [3.8, 4) is 0 Å². The summed E-state index contributed by atoms with van der Waals surface area (Å²) in [6, 6.07) is 1.97. The second-order valence-electron chi connectivity index (χ2n) is 7.00. The van der Waals surface area contributed by atoms with Crippen LogP contribution in [0.3, 0.4) is 0 Å². The van der Waals surface area contributed by atoms with Crippen LogP contribution in [-0.2, 0) is 4.79 Å². The van der Waals surface area contributed by atoms with E-state index < -0.39 is 0 Å². The molecule has 2 unspecified atom stereocenters. The van der Waals surface area contributed by atoms with Gasteiger partial charge in [0.1, 0.15) is 0 Å². The molecule has 3 rings (SSSR count). The van der Waals surface area contributed by atoms with Gasteiger partial charge in [0.15, 0.2) is 0 Å². The zero-order chi connectivity index (χ0) is 17.1. The van der Waals surface area contributed by atoms with Crippen LogP contribution in [-0.4, -0.2) is 48.9 Å². The number of nitrogens with zero attached hydrogens (tertiary/aromatic N) is 1. The molecule has 2 saturated heterocycles. The topological polar surface area (TPSA) is 61.4 Å². The Hall–Kier alpha value is -1.40. The van der Waals surface area contributed by atoms with Crippen LogP contribution in [0.4, 0.5) is 0 Å². The predicted molar refractivity (Wildman–Crippen MR) is 96.5 cm³/mol. The Balaban J connectivity index is 1.52. The molecule has 1 aromatic heterocycles. The minimum atomic E-state index is -0.0246. The maximum Gasteiger partial charge on any atom is 0.263 e. The summed E-state index contributed by atoms with van der Waals surface area (Å²) in [4.78, 5) is 28.8. The van der Waals surface area contributed by atoms with Gasteiger partial charge in [-0.3, -0.25) is 9.59 Å². The zero-order valence-corrected chi connectivity index (χ0v) is 15.4. The van der Waals surface area contributed by atoms with Crippen LogP contribution in [0.15, 0.2) is 6.07 Å². The van der Waals surface area contributed by atoms with E-state index in [9.17, 15) is 9.59 Å². The van der Waals surface area contributed by atoms with Crippen LogP contribution in [0.1, 0.15) is 45.8 Å². The molecule has 2 aliphatic rings. The quantitative estimate of drug-likeness (QED) is 0.875. The van der Waals surface area contributed by atoms with Crippen molar-refractivity contribution < 1.29 is 9.59 Å². The van der Waals surface area contributed by atoms with E-state index in [2.05, 4.69) is 17.6 Å². The Labute approximate surface area is 147 Å². The first-order valence-corrected chi connectivity index (χ1v) is 9.73. The minimum Gasteiger partial charge on any atom is -0.354 e. The lowest BCUT2D eigenvalue weighted by atomic mass is 9.97. The van der Waals surface area contributed by atoms with Gasteiger partial charge in [-0.05, 0) is 63.6 Å². The van der Waals surface area contributed by atoms with Crippen molar-refractivity contribution in [1.82, 2.24) is 15.5 Å². The van der Waals surface area contributed by atoms with Crippen molar-refractivity contribution in [2.24, 2.45) is 5.92 Å². The van der Waals surface area contributed by atoms with Crippen LogP contribution in [0.2, 0.25) is 0 Å². The Morgan fingerprint density at radius 3 is 2.83 bits per heavy atom. The van der Waals surface area contributed by atoms with Crippen molar-refractivity contribution >= 4 is 23.2 Å². The molecule has 0 bridgehead atoms. The number of carbonyl (C=O) groups is 2. The molecule has 0 aromatic carbocycles. The summed E-state index contributed by atoms with van der Waals surface area (Å²) >= 11 is 1.58. The van der Waals surface area contributed by atoms with E-state index in [1.54, 1.807) is 11.3 Å². The van der Waals surface area contributed by atoms with Crippen LogP contribution in [0.5, 0.6) is 0 Å². The third-order valence-corrected chi connectivity index (χ3v) is 6.27. The Morgan fingerprint density at radius 1 is 1.33 bits per heavy atom. The van der Waals surface area contributed by atoms with Crippen LogP contribution < -0.4 is 10.6 Å². The first-order valence-electron chi connectivity index (χ1n) is 8.92. The van der Waals surface area contributed by atoms with Gasteiger partial charge in [0.05, 0.1) is 10.9 Å². The first-order chi connectivity index (χ1) is 11.5. The van der Waals surface area contributed by atoms with Crippen molar-refractivity contribution in [2.45, 2.75) is 45.6 Å². The van der Waals surface area contributed by atoms with Crippen molar-refractivity contribution in [3.05, 3.63) is 21.4 Å². The monoisotopic (exact) mass is 349 g/mol. The molecule has 2 fully saturated rings. The first kappa shape index (κ1) is 17.4. The fourth-order valence-corrected chi connectivity index (χ4v) is 4.53. The molecule has 3 heterocycles. The van der Waals surface area contributed by atoms with Gasteiger partial charge in [-0.2, -0.15) is 0 Å². The summed E-state index contributed by atoms with van der Waals surface area (Å²) in [5.74, 6) is 0.611. The number of nitrogens with one attached hydrogen (secondary N) is 2. The molecule has 0 radical (unpaired) electrons. The number of amides is 2. The van der Waals surface area contributed by atoms with Gasteiger partial charge in [0.2, 0.25) is 5.91 Å². The van der Waals surface area contributed by atoms with Gasteiger partial charge >= 0.3 is 0 Å². The Morgan fingerprint density at radius 2 is 2.17 bits per heavy atom. The molecule has 2 aliphatic heterocycles. The number of hydrogen-bond acceptors (Lipinski definition) is 4. The lowest BCUT2D eigenvalue weighted by Crippen LogP contribution is -2.46. The zero-order valence-electron chi connectivity index (χ0n) is 14.6. The highest BCUT2D eigenvalue weighted by Gasteiger charge is 2.27. The van der Waals surface area contributed by atoms with Crippen molar-refractivity contribution in [2.75, 3.05) is 26.2 Å². The summed E-state index contributed by atoms with van der Waals surface area (Å²) in [6.45, 7) is 7.28. The van der Waals surface area contributed by atoms with E-state index in [0.717, 1.165) is 50.2 Å². The molecule has 2 amide bonds. The largest absolute Gasteiger partial charge is 0.354 e. The third kappa shape index (κ3) is 3.98. The van der Waals surface area contributed by atoms with Crippen LogP contribution >= 0.6 is 11.3 Å². The number of aryl methyl sites for hydroxylation is 2. The summed E-state index contributed by atoms with van der Waals surface area (Å²) in [5, 5.41) is 6.29. The van der Waals surface area contributed by atoms with E-state index in [1.807, 2.05) is 17.9 Å². The number of hydrogen-bond donors (Lipinski definition) is 2. The molecule has 2 N–H and O–H groups in total. The van der Waals surface area contributed by atoms with Crippen molar-refractivity contribution in [3.63, 3.8) is 0 Å². The Kier molecular flexibility index (Phi) is 5.56. The maximum atomic E-state index is 12.7. The molecule has 132 valence electrons. The number of rotatable bonds is 4. The summed E-state index contributed by atoms with van der Waals surface area (Å²) in [6.07, 6.45) is 4.09. The second kappa shape index (κ2) is 7.66. The van der Waals surface area contributed by atoms with E-state index >= 15 is 0 Å². The standard InChI is InChI=1S/C18H27N3O2S/c1-12-9-16(24-13(12)2)18(23)21-8-4-5-14(11-21)10-20-17(22)15-6-3-7-19-15/h9,14-15,19H,3-8,10-11H2,1-2H3,(H,20,22). The summed E-state index contributed by atoms with van der Waals surface area (Å²) in [5.41, 5.74) is 1.19. The maximum absolute atomic E-state index is 12.7. The van der Waals surface area contributed by atoms with Gasteiger partial charge in [-0.15, -0.1) is 11.3 Å². The molecule has 1 aromatic rings. The molecule has 24 heavy (non-hydrogen) atoms. The molecule has 5 nitrogen and oxygen atoms in total. The average molecular weight is 350 g/mol. The number of piperidine rings is 1. The predicted octanol–water partition coefficient (Wildman–Crippen LogP) is 2.09. The number of likely N-dealkylation sites (tertiary alicyclic amines) is 1.